The molecular weight excluding hydrogens is 275 g/mol. The highest BCUT2D eigenvalue weighted by Gasteiger charge is 2.32. The van der Waals surface area contributed by atoms with Crippen molar-refractivity contribution >= 4 is 0 Å². The molecule has 1 atom stereocenters. The highest BCUT2D eigenvalue weighted by atomic mass is 19.1. The molecule has 0 amide bonds. The maximum atomic E-state index is 13.8. The van der Waals surface area contributed by atoms with E-state index >= 15 is 0 Å². The maximum Gasteiger partial charge on any atom is 0.134 e. The van der Waals surface area contributed by atoms with E-state index in [1.54, 1.807) is 13.0 Å². The minimum absolute atomic E-state index is 0.217. The Kier molecular flexibility index (Phi) is 5.59. The quantitative estimate of drug-likeness (QED) is 0.608. The highest BCUT2D eigenvalue weighted by Crippen LogP contribution is 2.36. The van der Waals surface area contributed by atoms with E-state index in [2.05, 4.69) is 26.0 Å². The van der Waals surface area contributed by atoms with E-state index in [4.69, 9.17) is 4.74 Å². The molecule has 0 aromatic heterocycles. The van der Waals surface area contributed by atoms with Gasteiger partial charge >= 0.3 is 0 Å². The van der Waals surface area contributed by atoms with Gasteiger partial charge in [0.2, 0.25) is 0 Å². The number of benzene rings is 2. The van der Waals surface area contributed by atoms with Gasteiger partial charge in [-0.3, -0.25) is 0 Å². The Bertz CT molecular complexity index is 594. The summed E-state index contributed by atoms with van der Waals surface area (Å²) in [4.78, 5) is 0. The third kappa shape index (κ3) is 3.68. The van der Waals surface area contributed by atoms with Crippen LogP contribution < -0.4 is 4.74 Å². The van der Waals surface area contributed by atoms with Crippen LogP contribution in [-0.2, 0) is 5.60 Å². The van der Waals surface area contributed by atoms with E-state index in [0.717, 1.165) is 31.2 Å². The van der Waals surface area contributed by atoms with E-state index in [1.807, 2.05) is 24.3 Å². The monoisotopic (exact) mass is 300 g/mol. The van der Waals surface area contributed by atoms with E-state index in [-0.39, 0.29) is 11.4 Å². The molecule has 0 aliphatic heterocycles. The topological polar surface area (TPSA) is 9.23 Å². The van der Waals surface area contributed by atoms with Crippen LogP contribution in [-0.4, -0.2) is 0 Å². The van der Waals surface area contributed by atoms with Crippen molar-refractivity contribution in [1.82, 2.24) is 0 Å². The van der Waals surface area contributed by atoms with E-state index < -0.39 is 0 Å². The van der Waals surface area contributed by atoms with Crippen molar-refractivity contribution in [2.75, 3.05) is 0 Å². The normalized spacial score (nSPS) is 13.6. The predicted molar refractivity (Wildman–Crippen MR) is 89.7 cm³/mol. The zero-order chi connectivity index (χ0) is 16.0. The van der Waals surface area contributed by atoms with Gasteiger partial charge in [0.15, 0.2) is 0 Å². The number of rotatable bonds is 7. The average molecular weight is 300 g/mol. The van der Waals surface area contributed by atoms with Crippen LogP contribution in [0.5, 0.6) is 5.75 Å². The summed E-state index contributed by atoms with van der Waals surface area (Å²) in [6.07, 6.45) is 3.98. The Labute approximate surface area is 133 Å². The van der Waals surface area contributed by atoms with Gasteiger partial charge in [-0.05, 0) is 43.4 Å². The van der Waals surface area contributed by atoms with Crippen LogP contribution >= 0.6 is 0 Å². The summed E-state index contributed by atoms with van der Waals surface area (Å²) in [7, 11) is 0. The molecule has 2 rings (SSSR count). The maximum absolute atomic E-state index is 13.8. The fourth-order valence-corrected chi connectivity index (χ4v) is 2.77. The van der Waals surface area contributed by atoms with E-state index in [9.17, 15) is 4.39 Å². The second kappa shape index (κ2) is 7.44. The Morgan fingerprint density at radius 3 is 2.36 bits per heavy atom. The van der Waals surface area contributed by atoms with Gasteiger partial charge in [-0.1, -0.05) is 56.7 Å². The van der Waals surface area contributed by atoms with Crippen LogP contribution in [0.1, 0.15) is 50.7 Å². The Morgan fingerprint density at radius 1 is 1.05 bits per heavy atom. The molecule has 0 saturated carbocycles. The number of aryl methyl sites for hydroxylation is 1. The molecule has 118 valence electrons. The average Bonchev–Trinajstić information content (AvgIpc) is 2.56. The minimum Gasteiger partial charge on any atom is -0.482 e. The first-order valence-corrected chi connectivity index (χ1v) is 8.12. The third-order valence-electron chi connectivity index (χ3n) is 4.26. The molecule has 0 bridgehead atoms. The molecule has 0 aliphatic rings. The van der Waals surface area contributed by atoms with Gasteiger partial charge in [0, 0.05) is 6.07 Å². The molecule has 0 heterocycles. The van der Waals surface area contributed by atoms with Crippen molar-refractivity contribution in [3.8, 4) is 5.75 Å². The van der Waals surface area contributed by atoms with Crippen molar-refractivity contribution in [3.05, 3.63) is 65.5 Å². The summed E-state index contributed by atoms with van der Waals surface area (Å²) in [5, 5.41) is 0. The smallest absolute Gasteiger partial charge is 0.134 e. The fourth-order valence-electron chi connectivity index (χ4n) is 2.77. The van der Waals surface area contributed by atoms with Crippen molar-refractivity contribution in [1.29, 1.82) is 0 Å². The van der Waals surface area contributed by atoms with Crippen LogP contribution in [0.25, 0.3) is 0 Å². The molecule has 0 saturated heterocycles. The summed E-state index contributed by atoms with van der Waals surface area (Å²) in [6.45, 7) is 6.07. The molecule has 1 nitrogen and oxygen atoms in total. The molecule has 1 unspecified atom stereocenters. The van der Waals surface area contributed by atoms with Gasteiger partial charge in [0.25, 0.3) is 0 Å². The van der Waals surface area contributed by atoms with Gasteiger partial charge in [-0.15, -0.1) is 0 Å². The van der Waals surface area contributed by atoms with Crippen LogP contribution in [0.4, 0.5) is 4.39 Å². The predicted octanol–water partition coefficient (Wildman–Crippen LogP) is 6.01. The molecular formula is C20H25FO. The van der Waals surface area contributed by atoms with Crippen molar-refractivity contribution < 1.29 is 9.13 Å². The standard InChI is InChI=1S/C20H25FO/c1-4-6-14-20(5-2,17-10-8-7-9-11-17)22-18-13-12-16(3)19(21)15-18/h7-13,15H,4-6,14H2,1-3H3. The first-order valence-electron chi connectivity index (χ1n) is 8.12. The highest BCUT2D eigenvalue weighted by molar-refractivity contribution is 5.31. The second-order valence-corrected chi connectivity index (χ2v) is 5.83. The summed E-state index contributed by atoms with van der Waals surface area (Å²) in [6, 6.07) is 15.4. The Balaban J connectivity index is 2.36. The summed E-state index contributed by atoms with van der Waals surface area (Å²) in [5.41, 5.74) is 1.41. The van der Waals surface area contributed by atoms with Crippen molar-refractivity contribution in [2.45, 2.75) is 52.1 Å². The third-order valence-corrected chi connectivity index (χ3v) is 4.26. The van der Waals surface area contributed by atoms with E-state index in [0.29, 0.717) is 11.3 Å². The minimum atomic E-state index is -0.390. The molecule has 22 heavy (non-hydrogen) atoms. The molecule has 0 fully saturated rings. The Hall–Kier alpha value is -1.83. The van der Waals surface area contributed by atoms with Gasteiger partial charge in [-0.25, -0.2) is 4.39 Å². The van der Waals surface area contributed by atoms with E-state index in [1.165, 1.54) is 6.07 Å². The lowest BCUT2D eigenvalue weighted by Gasteiger charge is -2.34. The van der Waals surface area contributed by atoms with Gasteiger partial charge in [0.1, 0.15) is 17.2 Å². The molecule has 0 spiro atoms. The number of ether oxygens (including phenoxy) is 1. The molecule has 0 aliphatic carbocycles. The van der Waals surface area contributed by atoms with Gasteiger partial charge in [-0.2, -0.15) is 0 Å². The zero-order valence-electron chi connectivity index (χ0n) is 13.7. The Morgan fingerprint density at radius 2 is 1.77 bits per heavy atom. The molecule has 0 radical (unpaired) electrons. The SMILES string of the molecule is CCCCC(CC)(Oc1ccc(C)c(F)c1)c1ccccc1. The number of hydrogen-bond acceptors (Lipinski definition) is 1. The molecule has 2 aromatic carbocycles. The van der Waals surface area contributed by atoms with Gasteiger partial charge in [0.05, 0.1) is 0 Å². The lowest BCUT2D eigenvalue weighted by molar-refractivity contribution is 0.0492. The molecule has 0 N–H and O–H groups in total. The van der Waals surface area contributed by atoms with Crippen molar-refractivity contribution in [3.63, 3.8) is 0 Å². The lowest BCUT2D eigenvalue weighted by Crippen LogP contribution is -2.32. The first-order chi connectivity index (χ1) is 10.6. The lowest BCUT2D eigenvalue weighted by atomic mass is 9.86. The van der Waals surface area contributed by atoms with Crippen molar-refractivity contribution in [2.24, 2.45) is 0 Å². The van der Waals surface area contributed by atoms with Gasteiger partial charge < -0.3 is 4.74 Å². The van der Waals surface area contributed by atoms with Crippen LogP contribution in [0.3, 0.4) is 0 Å². The summed E-state index contributed by atoms with van der Waals surface area (Å²) in [5.74, 6) is 0.385. The first kappa shape index (κ1) is 16.5. The van der Waals surface area contributed by atoms with Crippen LogP contribution in [0, 0.1) is 12.7 Å². The largest absolute Gasteiger partial charge is 0.482 e. The molecule has 2 aromatic rings. The van der Waals surface area contributed by atoms with Crippen LogP contribution in [0.15, 0.2) is 48.5 Å². The second-order valence-electron chi connectivity index (χ2n) is 5.83. The summed E-state index contributed by atoms with van der Waals surface area (Å²) < 4.78 is 20.2. The number of unbranched alkanes of at least 4 members (excludes halogenated alkanes) is 1. The fraction of sp³-hybridized carbons (Fsp3) is 0.400. The summed E-state index contributed by atoms with van der Waals surface area (Å²) >= 11 is 0. The van der Waals surface area contributed by atoms with Crippen LogP contribution in [0.2, 0.25) is 0 Å². The number of halogens is 1. The zero-order valence-corrected chi connectivity index (χ0v) is 13.7. The molecule has 2 heteroatoms. The number of hydrogen-bond donors (Lipinski definition) is 0.